The van der Waals surface area contributed by atoms with Gasteiger partial charge in [-0.3, -0.25) is 4.79 Å². The molecule has 3 nitrogen and oxygen atoms in total. The lowest BCUT2D eigenvalue weighted by Crippen LogP contribution is -2.37. The summed E-state index contributed by atoms with van der Waals surface area (Å²) in [6, 6.07) is 0.00647. The van der Waals surface area contributed by atoms with Crippen LogP contribution in [0.25, 0.3) is 0 Å². The maximum absolute atomic E-state index is 11.6. The monoisotopic (exact) mass is 227 g/mol. The summed E-state index contributed by atoms with van der Waals surface area (Å²) in [5, 5.41) is 2.57. The largest absolute Gasteiger partial charge is 0.411 e. The number of alkyl halides is 3. The van der Waals surface area contributed by atoms with Gasteiger partial charge in [0.15, 0.2) is 0 Å². The zero-order valence-corrected chi connectivity index (χ0v) is 8.86. The van der Waals surface area contributed by atoms with E-state index in [1.807, 2.05) is 13.8 Å². The Bertz CT molecular complexity index is 190. The van der Waals surface area contributed by atoms with Crippen molar-refractivity contribution in [2.75, 3.05) is 13.2 Å². The Kier molecular flexibility index (Phi) is 6.31. The number of rotatable bonds is 6. The van der Waals surface area contributed by atoms with E-state index < -0.39 is 25.3 Å². The van der Waals surface area contributed by atoms with Gasteiger partial charge in [-0.15, -0.1) is 0 Å². The van der Waals surface area contributed by atoms with Crippen LogP contribution in [0.3, 0.4) is 0 Å². The highest BCUT2D eigenvalue weighted by atomic mass is 19.4. The molecule has 1 N–H and O–H groups in total. The quantitative estimate of drug-likeness (QED) is 0.752. The van der Waals surface area contributed by atoms with Gasteiger partial charge in [0, 0.05) is 6.04 Å². The van der Waals surface area contributed by atoms with E-state index in [4.69, 9.17) is 0 Å². The van der Waals surface area contributed by atoms with Crippen LogP contribution in [0.4, 0.5) is 13.2 Å². The highest BCUT2D eigenvalue weighted by Crippen LogP contribution is 2.14. The number of carbonyl (C=O) groups excluding carboxylic acids is 1. The van der Waals surface area contributed by atoms with Gasteiger partial charge < -0.3 is 10.1 Å². The van der Waals surface area contributed by atoms with Gasteiger partial charge in [0.2, 0.25) is 5.91 Å². The molecule has 15 heavy (non-hydrogen) atoms. The summed E-state index contributed by atoms with van der Waals surface area (Å²) in [6.45, 7) is 1.86. The number of nitrogens with one attached hydrogen (secondary N) is 1. The Hall–Kier alpha value is -0.780. The van der Waals surface area contributed by atoms with Gasteiger partial charge >= 0.3 is 6.18 Å². The maximum atomic E-state index is 11.6. The number of halogens is 3. The van der Waals surface area contributed by atoms with E-state index in [0.717, 1.165) is 12.8 Å². The lowest BCUT2D eigenvalue weighted by Gasteiger charge is -2.14. The highest BCUT2D eigenvalue weighted by molar-refractivity contribution is 5.77. The first kappa shape index (κ1) is 14.2. The van der Waals surface area contributed by atoms with Gasteiger partial charge in [-0.05, 0) is 12.8 Å². The molecule has 0 atom stereocenters. The van der Waals surface area contributed by atoms with Crippen LogP contribution in [-0.4, -0.2) is 31.3 Å². The number of carbonyl (C=O) groups is 1. The first-order valence-corrected chi connectivity index (χ1v) is 4.82. The van der Waals surface area contributed by atoms with Crippen LogP contribution in [0.1, 0.15) is 26.7 Å². The summed E-state index contributed by atoms with van der Waals surface area (Å²) in [5.74, 6) is -0.507. The average molecular weight is 227 g/mol. The molecule has 0 rings (SSSR count). The molecule has 0 aliphatic rings. The van der Waals surface area contributed by atoms with Gasteiger partial charge in [-0.25, -0.2) is 0 Å². The van der Waals surface area contributed by atoms with Crippen LogP contribution in [-0.2, 0) is 9.53 Å². The van der Waals surface area contributed by atoms with Crippen molar-refractivity contribution in [2.24, 2.45) is 0 Å². The summed E-state index contributed by atoms with van der Waals surface area (Å²) >= 11 is 0. The van der Waals surface area contributed by atoms with E-state index in [9.17, 15) is 18.0 Å². The Balaban J connectivity index is 3.66. The molecule has 0 aliphatic carbocycles. The van der Waals surface area contributed by atoms with Gasteiger partial charge in [0.05, 0.1) is 0 Å². The summed E-state index contributed by atoms with van der Waals surface area (Å²) in [7, 11) is 0. The fraction of sp³-hybridized carbons (Fsp3) is 0.889. The number of ether oxygens (including phenoxy) is 1. The minimum atomic E-state index is -4.38. The third-order valence-electron chi connectivity index (χ3n) is 1.85. The molecule has 0 aromatic carbocycles. The Morgan fingerprint density at radius 3 is 2.27 bits per heavy atom. The van der Waals surface area contributed by atoms with Crippen molar-refractivity contribution < 1.29 is 22.7 Å². The normalized spacial score (nSPS) is 11.9. The van der Waals surface area contributed by atoms with Gasteiger partial charge in [-0.2, -0.15) is 13.2 Å². The van der Waals surface area contributed by atoms with Crippen LogP contribution in [0.5, 0.6) is 0 Å². The third-order valence-corrected chi connectivity index (χ3v) is 1.85. The van der Waals surface area contributed by atoms with E-state index in [1.54, 1.807) is 0 Å². The SMILES string of the molecule is CCC(CC)NC(=O)COCC(F)(F)F. The van der Waals surface area contributed by atoms with Crippen molar-refractivity contribution >= 4 is 5.91 Å². The second kappa shape index (κ2) is 6.66. The lowest BCUT2D eigenvalue weighted by atomic mass is 10.2. The molecule has 0 radical (unpaired) electrons. The van der Waals surface area contributed by atoms with Crippen molar-refractivity contribution in [3.05, 3.63) is 0 Å². The molecule has 0 aromatic rings. The summed E-state index contributed by atoms with van der Waals surface area (Å²) in [6.07, 6.45) is -2.88. The van der Waals surface area contributed by atoms with Gasteiger partial charge in [0.25, 0.3) is 0 Å². The molecule has 0 heterocycles. The van der Waals surface area contributed by atoms with E-state index in [1.165, 1.54) is 0 Å². The number of amides is 1. The molecule has 0 saturated heterocycles. The van der Waals surface area contributed by atoms with E-state index in [0.29, 0.717) is 0 Å². The minimum absolute atomic E-state index is 0.00647. The average Bonchev–Trinajstić information content (AvgIpc) is 2.12. The van der Waals surface area contributed by atoms with E-state index in [2.05, 4.69) is 10.1 Å². The van der Waals surface area contributed by atoms with Gasteiger partial charge in [-0.1, -0.05) is 13.8 Å². The molecule has 90 valence electrons. The van der Waals surface area contributed by atoms with Crippen molar-refractivity contribution in [1.82, 2.24) is 5.32 Å². The molecule has 0 aliphatic heterocycles. The molecular weight excluding hydrogens is 211 g/mol. The molecule has 6 heteroatoms. The molecule has 0 aromatic heterocycles. The standard InChI is InChI=1S/C9H16F3NO2/c1-3-7(4-2)13-8(14)5-15-6-9(10,11)12/h7H,3-6H2,1-2H3,(H,13,14). The first-order valence-electron chi connectivity index (χ1n) is 4.82. The van der Waals surface area contributed by atoms with Crippen LogP contribution >= 0.6 is 0 Å². The predicted octanol–water partition coefficient (Wildman–Crippen LogP) is 1.87. The van der Waals surface area contributed by atoms with Crippen molar-refractivity contribution in [2.45, 2.75) is 38.9 Å². The first-order chi connectivity index (χ1) is 6.89. The Morgan fingerprint density at radius 2 is 1.87 bits per heavy atom. The second-order valence-corrected chi connectivity index (χ2v) is 3.19. The molecule has 0 bridgehead atoms. The second-order valence-electron chi connectivity index (χ2n) is 3.19. The lowest BCUT2D eigenvalue weighted by molar-refractivity contribution is -0.175. The van der Waals surface area contributed by atoms with Crippen molar-refractivity contribution in [3.63, 3.8) is 0 Å². The third kappa shape index (κ3) is 8.23. The van der Waals surface area contributed by atoms with Crippen molar-refractivity contribution in [3.8, 4) is 0 Å². The topological polar surface area (TPSA) is 38.3 Å². The number of hydrogen-bond donors (Lipinski definition) is 1. The minimum Gasteiger partial charge on any atom is -0.362 e. The van der Waals surface area contributed by atoms with Crippen LogP contribution in [0, 0.1) is 0 Å². The fourth-order valence-corrected chi connectivity index (χ4v) is 1.02. The molecule has 0 unspecified atom stereocenters. The molecule has 0 spiro atoms. The van der Waals surface area contributed by atoms with Crippen LogP contribution in [0.2, 0.25) is 0 Å². The zero-order chi connectivity index (χ0) is 11.9. The summed E-state index contributed by atoms with van der Waals surface area (Å²) in [5.41, 5.74) is 0. The summed E-state index contributed by atoms with van der Waals surface area (Å²) in [4.78, 5) is 11.1. The fourth-order valence-electron chi connectivity index (χ4n) is 1.02. The predicted molar refractivity (Wildman–Crippen MR) is 49.4 cm³/mol. The molecule has 0 saturated carbocycles. The summed E-state index contributed by atoms with van der Waals surface area (Å²) < 4.78 is 39.1. The van der Waals surface area contributed by atoms with Crippen molar-refractivity contribution in [1.29, 1.82) is 0 Å². The smallest absolute Gasteiger partial charge is 0.362 e. The van der Waals surface area contributed by atoms with Gasteiger partial charge in [0.1, 0.15) is 13.2 Å². The van der Waals surface area contributed by atoms with Crippen LogP contribution in [0.15, 0.2) is 0 Å². The zero-order valence-electron chi connectivity index (χ0n) is 8.86. The Labute approximate surface area is 87.0 Å². The maximum Gasteiger partial charge on any atom is 0.411 e. The Morgan fingerprint density at radius 1 is 1.33 bits per heavy atom. The molecule has 0 fully saturated rings. The van der Waals surface area contributed by atoms with Crippen LogP contribution < -0.4 is 5.32 Å². The highest BCUT2D eigenvalue weighted by Gasteiger charge is 2.27. The van der Waals surface area contributed by atoms with E-state index >= 15 is 0 Å². The van der Waals surface area contributed by atoms with E-state index in [-0.39, 0.29) is 6.04 Å². The number of hydrogen-bond acceptors (Lipinski definition) is 2. The molecular formula is C9H16F3NO2. The molecule has 1 amide bonds.